The molecule has 2 aromatic rings. The van der Waals surface area contributed by atoms with Gasteiger partial charge in [0.15, 0.2) is 0 Å². The van der Waals surface area contributed by atoms with Crippen LogP contribution in [0.3, 0.4) is 0 Å². The van der Waals surface area contributed by atoms with Gasteiger partial charge in [-0.05, 0) is 12.1 Å². The molecule has 1 aromatic carbocycles. The summed E-state index contributed by atoms with van der Waals surface area (Å²) in [4.78, 5) is 4.21. The number of halogens is 1. The van der Waals surface area contributed by atoms with Crippen molar-refractivity contribution < 1.29 is 4.39 Å². The zero-order chi connectivity index (χ0) is 9.97. The zero-order valence-corrected chi connectivity index (χ0v) is 8.22. The first kappa shape index (κ1) is 9.30. The van der Waals surface area contributed by atoms with E-state index >= 15 is 0 Å². The Bertz CT molecular complexity index is 439. The summed E-state index contributed by atoms with van der Waals surface area (Å²) in [5, 5.41) is 2.53. The van der Waals surface area contributed by atoms with Crippen LogP contribution < -0.4 is 5.73 Å². The van der Waals surface area contributed by atoms with Crippen molar-refractivity contribution >= 4 is 11.3 Å². The third kappa shape index (κ3) is 1.66. The van der Waals surface area contributed by atoms with Gasteiger partial charge in [-0.15, -0.1) is 11.3 Å². The largest absolute Gasteiger partial charge is 0.325 e. The van der Waals surface area contributed by atoms with Crippen LogP contribution in [0.1, 0.15) is 5.69 Å². The number of hydrogen-bond donors (Lipinski definition) is 1. The maximum atomic E-state index is 13.3. The van der Waals surface area contributed by atoms with Gasteiger partial charge in [-0.2, -0.15) is 0 Å². The van der Waals surface area contributed by atoms with Crippen molar-refractivity contribution in [3.63, 3.8) is 0 Å². The second kappa shape index (κ2) is 3.86. The van der Waals surface area contributed by atoms with E-state index in [2.05, 4.69) is 4.98 Å². The first-order valence-corrected chi connectivity index (χ1v) is 5.08. The second-order valence-electron chi connectivity index (χ2n) is 2.83. The average Bonchev–Trinajstić information content (AvgIpc) is 2.67. The molecule has 2 N–H and O–H groups in total. The molecule has 0 aliphatic heterocycles. The number of hydrogen-bond acceptors (Lipinski definition) is 3. The molecule has 0 saturated carbocycles. The van der Waals surface area contributed by atoms with Gasteiger partial charge in [0.1, 0.15) is 10.8 Å². The summed E-state index contributed by atoms with van der Waals surface area (Å²) in [7, 11) is 0. The van der Waals surface area contributed by atoms with Crippen molar-refractivity contribution in [2.45, 2.75) is 6.54 Å². The summed E-state index contributed by atoms with van der Waals surface area (Å²) in [6.07, 6.45) is 0. The predicted molar refractivity (Wildman–Crippen MR) is 55.4 cm³/mol. The second-order valence-corrected chi connectivity index (χ2v) is 3.69. The molecule has 0 spiro atoms. The van der Waals surface area contributed by atoms with Crippen LogP contribution in [-0.4, -0.2) is 4.98 Å². The molecule has 0 aliphatic rings. The van der Waals surface area contributed by atoms with E-state index in [-0.39, 0.29) is 5.82 Å². The van der Waals surface area contributed by atoms with Crippen molar-refractivity contribution in [2.75, 3.05) is 0 Å². The summed E-state index contributed by atoms with van der Waals surface area (Å²) < 4.78 is 13.3. The highest BCUT2D eigenvalue weighted by Crippen LogP contribution is 2.25. The number of aromatic nitrogens is 1. The van der Waals surface area contributed by atoms with E-state index in [1.54, 1.807) is 18.2 Å². The zero-order valence-electron chi connectivity index (χ0n) is 7.40. The van der Waals surface area contributed by atoms with Crippen molar-refractivity contribution in [2.24, 2.45) is 5.73 Å². The van der Waals surface area contributed by atoms with Gasteiger partial charge in [0.05, 0.1) is 5.69 Å². The molecule has 72 valence electrons. The van der Waals surface area contributed by atoms with Crippen LogP contribution in [0, 0.1) is 5.82 Å². The Morgan fingerprint density at radius 2 is 2.14 bits per heavy atom. The van der Waals surface area contributed by atoms with Gasteiger partial charge < -0.3 is 5.73 Å². The average molecular weight is 208 g/mol. The summed E-state index contributed by atoms with van der Waals surface area (Å²) in [5.41, 5.74) is 6.77. The number of benzene rings is 1. The highest BCUT2D eigenvalue weighted by molar-refractivity contribution is 7.13. The van der Waals surface area contributed by atoms with E-state index in [0.29, 0.717) is 17.1 Å². The van der Waals surface area contributed by atoms with Crippen LogP contribution in [0.4, 0.5) is 4.39 Å². The Balaban J connectivity index is 2.44. The van der Waals surface area contributed by atoms with E-state index in [4.69, 9.17) is 5.73 Å². The number of nitrogens with two attached hydrogens (primary N) is 1. The first-order valence-electron chi connectivity index (χ1n) is 4.20. The third-order valence-electron chi connectivity index (χ3n) is 1.87. The minimum absolute atomic E-state index is 0.245. The van der Waals surface area contributed by atoms with E-state index in [0.717, 1.165) is 5.69 Å². The van der Waals surface area contributed by atoms with Crippen molar-refractivity contribution in [3.05, 3.63) is 41.2 Å². The first-order chi connectivity index (χ1) is 6.81. The van der Waals surface area contributed by atoms with E-state index < -0.39 is 0 Å². The van der Waals surface area contributed by atoms with Crippen LogP contribution in [0.5, 0.6) is 0 Å². The fourth-order valence-corrected chi connectivity index (χ4v) is 2.02. The number of rotatable bonds is 2. The van der Waals surface area contributed by atoms with Gasteiger partial charge in [-0.1, -0.05) is 12.1 Å². The topological polar surface area (TPSA) is 38.9 Å². The lowest BCUT2D eigenvalue weighted by molar-refractivity contribution is 0.631. The van der Waals surface area contributed by atoms with Crippen LogP contribution in [-0.2, 0) is 6.54 Å². The molecule has 0 unspecified atom stereocenters. The molecule has 1 aromatic heterocycles. The summed E-state index contributed by atoms with van der Waals surface area (Å²) in [6, 6.07) is 6.60. The Hall–Kier alpha value is -1.26. The lowest BCUT2D eigenvalue weighted by atomic mass is 10.2. The van der Waals surface area contributed by atoms with Crippen LogP contribution in [0.15, 0.2) is 29.6 Å². The van der Waals surface area contributed by atoms with E-state index in [9.17, 15) is 4.39 Å². The quantitative estimate of drug-likeness (QED) is 0.823. The van der Waals surface area contributed by atoms with E-state index in [1.807, 2.05) is 5.38 Å². The van der Waals surface area contributed by atoms with Gasteiger partial charge in [0.2, 0.25) is 0 Å². The van der Waals surface area contributed by atoms with Crippen molar-refractivity contribution in [3.8, 4) is 10.6 Å². The highest BCUT2D eigenvalue weighted by atomic mass is 32.1. The summed E-state index contributed by atoms with van der Waals surface area (Å²) in [5.74, 6) is -0.245. The Morgan fingerprint density at radius 3 is 2.79 bits per heavy atom. The minimum atomic E-state index is -0.245. The molecule has 0 bridgehead atoms. The Morgan fingerprint density at radius 1 is 1.36 bits per heavy atom. The normalized spacial score (nSPS) is 10.4. The number of nitrogens with zero attached hydrogens (tertiary/aromatic N) is 1. The van der Waals surface area contributed by atoms with Crippen molar-refractivity contribution in [1.82, 2.24) is 4.98 Å². The molecule has 0 aliphatic carbocycles. The highest BCUT2D eigenvalue weighted by Gasteiger charge is 2.07. The Labute approximate surface area is 85.2 Å². The molecule has 0 saturated heterocycles. The van der Waals surface area contributed by atoms with Gasteiger partial charge in [-0.3, -0.25) is 0 Å². The summed E-state index contributed by atoms with van der Waals surface area (Å²) in [6.45, 7) is 0.394. The monoisotopic (exact) mass is 208 g/mol. The van der Waals surface area contributed by atoms with Crippen LogP contribution in [0.2, 0.25) is 0 Å². The molecule has 14 heavy (non-hydrogen) atoms. The van der Waals surface area contributed by atoms with E-state index in [1.165, 1.54) is 17.4 Å². The van der Waals surface area contributed by atoms with Gasteiger partial charge in [0, 0.05) is 17.5 Å². The fraction of sp³-hybridized carbons (Fsp3) is 0.100. The lowest BCUT2D eigenvalue weighted by Crippen LogP contribution is -1.95. The molecule has 0 radical (unpaired) electrons. The van der Waals surface area contributed by atoms with Gasteiger partial charge in [0.25, 0.3) is 0 Å². The molecular weight excluding hydrogens is 199 g/mol. The minimum Gasteiger partial charge on any atom is -0.325 e. The summed E-state index contributed by atoms with van der Waals surface area (Å²) >= 11 is 1.41. The molecule has 0 amide bonds. The van der Waals surface area contributed by atoms with Gasteiger partial charge >= 0.3 is 0 Å². The lowest BCUT2D eigenvalue weighted by Gasteiger charge is -1.96. The third-order valence-corrected chi connectivity index (χ3v) is 2.79. The molecule has 2 nitrogen and oxygen atoms in total. The van der Waals surface area contributed by atoms with Gasteiger partial charge in [-0.25, -0.2) is 9.37 Å². The molecule has 4 heteroatoms. The molecule has 0 fully saturated rings. The molecule has 0 atom stereocenters. The van der Waals surface area contributed by atoms with Crippen molar-refractivity contribution in [1.29, 1.82) is 0 Å². The molecule has 2 rings (SSSR count). The number of thiazole rings is 1. The standard InChI is InChI=1S/C10H9FN2S/c11-9-4-2-1-3-8(9)10-13-7(5-12)6-14-10/h1-4,6H,5,12H2. The maximum Gasteiger partial charge on any atom is 0.133 e. The smallest absolute Gasteiger partial charge is 0.133 e. The van der Waals surface area contributed by atoms with Crippen LogP contribution in [0.25, 0.3) is 10.6 Å². The predicted octanol–water partition coefficient (Wildman–Crippen LogP) is 2.41. The van der Waals surface area contributed by atoms with Crippen LogP contribution >= 0.6 is 11.3 Å². The maximum absolute atomic E-state index is 13.3. The molecule has 1 heterocycles. The fourth-order valence-electron chi connectivity index (χ4n) is 1.16. The molecular formula is C10H9FN2S. The SMILES string of the molecule is NCc1csc(-c2ccccc2F)n1. The Kier molecular flexibility index (Phi) is 2.56.